The Hall–Kier alpha value is -1.59. The molecule has 0 bridgehead atoms. The van der Waals surface area contributed by atoms with E-state index in [-0.39, 0.29) is 54.5 Å². The van der Waals surface area contributed by atoms with E-state index in [2.05, 4.69) is 6.92 Å². The average Bonchev–Trinajstić information content (AvgIpc) is 2.94. The zero-order valence-corrected chi connectivity index (χ0v) is 15.4. The molecule has 1 aliphatic heterocycles. The summed E-state index contributed by atoms with van der Waals surface area (Å²) in [6, 6.07) is 0. The number of rotatable bonds is 3. The van der Waals surface area contributed by atoms with Crippen molar-refractivity contribution in [2.45, 2.75) is 65.6 Å². The summed E-state index contributed by atoms with van der Waals surface area (Å²) in [4.78, 5) is 35.2. The van der Waals surface area contributed by atoms with Gasteiger partial charge in [-0.1, -0.05) is 13.8 Å². The summed E-state index contributed by atoms with van der Waals surface area (Å²) in [5.41, 5.74) is -0.432. The number of carbonyl (C=O) groups excluding carboxylic acids is 3. The van der Waals surface area contributed by atoms with Crippen LogP contribution < -0.4 is 0 Å². The first kappa shape index (κ1) is 18.2. The van der Waals surface area contributed by atoms with Crippen LogP contribution in [0.5, 0.6) is 0 Å². The van der Waals surface area contributed by atoms with Crippen molar-refractivity contribution < 1.29 is 28.6 Å². The lowest BCUT2D eigenvalue weighted by atomic mass is 9.67. The van der Waals surface area contributed by atoms with Gasteiger partial charge in [0.2, 0.25) is 0 Å². The van der Waals surface area contributed by atoms with Gasteiger partial charge in [-0.05, 0) is 37.5 Å². The van der Waals surface area contributed by atoms with Crippen LogP contribution in [0.4, 0.5) is 0 Å². The smallest absolute Gasteiger partial charge is 0.309 e. The van der Waals surface area contributed by atoms with Crippen molar-refractivity contribution in [2.24, 2.45) is 29.1 Å². The molecule has 3 rings (SSSR count). The Balaban J connectivity index is 1.97. The maximum Gasteiger partial charge on any atom is 0.309 e. The van der Waals surface area contributed by atoms with Gasteiger partial charge in [-0.25, -0.2) is 0 Å². The molecule has 140 valence electrons. The number of carbonyl (C=O) groups is 3. The van der Waals surface area contributed by atoms with E-state index in [4.69, 9.17) is 14.2 Å². The van der Waals surface area contributed by atoms with E-state index >= 15 is 0 Å². The van der Waals surface area contributed by atoms with Gasteiger partial charge in [-0.2, -0.15) is 0 Å². The molecule has 0 N–H and O–H groups in total. The molecule has 2 aliphatic carbocycles. The van der Waals surface area contributed by atoms with Gasteiger partial charge in [0.25, 0.3) is 0 Å². The van der Waals surface area contributed by atoms with E-state index in [1.165, 1.54) is 13.8 Å². The van der Waals surface area contributed by atoms with Crippen LogP contribution >= 0.6 is 0 Å². The van der Waals surface area contributed by atoms with E-state index in [1.54, 1.807) is 0 Å². The van der Waals surface area contributed by atoms with Crippen LogP contribution in [0.1, 0.15) is 53.4 Å². The van der Waals surface area contributed by atoms with Crippen molar-refractivity contribution in [2.75, 3.05) is 6.61 Å². The lowest BCUT2D eigenvalue weighted by Crippen LogP contribution is -2.45. The van der Waals surface area contributed by atoms with Crippen LogP contribution in [0.25, 0.3) is 0 Å². The summed E-state index contributed by atoms with van der Waals surface area (Å²) in [6.07, 6.45) is 2.84. The van der Waals surface area contributed by atoms with Gasteiger partial charge in [-0.15, -0.1) is 0 Å². The van der Waals surface area contributed by atoms with E-state index in [1.807, 2.05) is 6.92 Å². The number of hydrogen-bond donors (Lipinski definition) is 0. The maximum absolute atomic E-state index is 12.1. The number of esters is 3. The van der Waals surface area contributed by atoms with Crippen LogP contribution in [-0.4, -0.2) is 36.7 Å². The van der Waals surface area contributed by atoms with Crippen molar-refractivity contribution in [1.29, 1.82) is 0 Å². The molecule has 0 aromatic heterocycles. The molecule has 0 radical (unpaired) electrons. The number of ether oxygens (including phenoxy) is 3. The third-order valence-corrected chi connectivity index (χ3v) is 6.64. The molecular formula is C19H28O6. The second-order valence-electron chi connectivity index (χ2n) is 8.14. The fourth-order valence-electron chi connectivity index (χ4n) is 5.49. The lowest BCUT2D eigenvalue weighted by Gasteiger charge is -2.41. The zero-order chi connectivity index (χ0) is 18.4. The Kier molecular flexibility index (Phi) is 4.82. The first-order valence-electron chi connectivity index (χ1n) is 9.25. The maximum atomic E-state index is 12.1. The third kappa shape index (κ3) is 3.15. The Morgan fingerprint density at radius 1 is 1.20 bits per heavy atom. The second kappa shape index (κ2) is 6.61. The topological polar surface area (TPSA) is 78.9 Å². The SMILES string of the molecule is CC(=O)OC[C@]12C[C@@H]3[C@H](C)C(=O)O[C@@H]3C[C@H](C)[C@@H]1CC[C@@H]2OC(C)=O. The van der Waals surface area contributed by atoms with Crippen molar-refractivity contribution in [3.63, 3.8) is 0 Å². The van der Waals surface area contributed by atoms with Gasteiger partial charge >= 0.3 is 17.9 Å². The zero-order valence-electron chi connectivity index (χ0n) is 15.4. The highest BCUT2D eigenvalue weighted by Gasteiger charge is 2.60. The molecule has 3 fully saturated rings. The minimum absolute atomic E-state index is 0.0756. The first-order chi connectivity index (χ1) is 11.7. The molecule has 1 heterocycles. The van der Waals surface area contributed by atoms with Gasteiger partial charge in [0.15, 0.2) is 0 Å². The van der Waals surface area contributed by atoms with Gasteiger partial charge in [0, 0.05) is 25.2 Å². The average molecular weight is 352 g/mol. The highest BCUT2D eigenvalue weighted by atomic mass is 16.6. The molecule has 6 heteroatoms. The number of fused-ring (bicyclic) bond motifs is 2. The largest absolute Gasteiger partial charge is 0.465 e. The third-order valence-electron chi connectivity index (χ3n) is 6.64. The molecule has 0 aromatic carbocycles. The number of hydrogen-bond acceptors (Lipinski definition) is 6. The molecule has 7 atom stereocenters. The summed E-state index contributed by atoms with van der Waals surface area (Å²) in [6.45, 7) is 7.13. The first-order valence-corrected chi connectivity index (χ1v) is 9.25. The van der Waals surface area contributed by atoms with Gasteiger partial charge < -0.3 is 14.2 Å². The highest BCUT2D eigenvalue weighted by Crippen LogP contribution is 2.58. The fraction of sp³-hybridized carbons (Fsp3) is 0.842. The summed E-state index contributed by atoms with van der Waals surface area (Å²) < 4.78 is 16.8. The fourth-order valence-corrected chi connectivity index (χ4v) is 5.49. The molecule has 3 aliphatic rings. The van der Waals surface area contributed by atoms with Crippen molar-refractivity contribution in [3.05, 3.63) is 0 Å². The minimum Gasteiger partial charge on any atom is -0.465 e. The summed E-state index contributed by atoms with van der Waals surface area (Å²) in [5.74, 6) is -0.299. The molecule has 6 nitrogen and oxygen atoms in total. The monoisotopic (exact) mass is 352 g/mol. The van der Waals surface area contributed by atoms with Crippen LogP contribution in [-0.2, 0) is 28.6 Å². The van der Waals surface area contributed by atoms with Crippen molar-refractivity contribution in [1.82, 2.24) is 0 Å². The molecule has 0 aromatic rings. The molecular weight excluding hydrogens is 324 g/mol. The van der Waals surface area contributed by atoms with Gasteiger partial charge in [-0.3, -0.25) is 14.4 Å². The lowest BCUT2D eigenvalue weighted by molar-refractivity contribution is -0.164. The molecule has 1 saturated heterocycles. The van der Waals surface area contributed by atoms with Gasteiger partial charge in [0.05, 0.1) is 5.92 Å². The quantitative estimate of drug-likeness (QED) is 0.573. The molecule has 0 unspecified atom stereocenters. The normalized spacial score (nSPS) is 42.8. The highest BCUT2D eigenvalue weighted by molar-refractivity contribution is 5.75. The van der Waals surface area contributed by atoms with Crippen molar-refractivity contribution in [3.8, 4) is 0 Å². The Bertz CT molecular complexity index is 572. The molecule has 0 amide bonds. The van der Waals surface area contributed by atoms with E-state index in [0.29, 0.717) is 12.3 Å². The van der Waals surface area contributed by atoms with Crippen molar-refractivity contribution >= 4 is 17.9 Å². The van der Waals surface area contributed by atoms with Crippen LogP contribution in [0, 0.1) is 29.1 Å². The van der Waals surface area contributed by atoms with Crippen LogP contribution in [0.15, 0.2) is 0 Å². The Labute approximate surface area is 148 Å². The molecule has 2 saturated carbocycles. The van der Waals surface area contributed by atoms with E-state index < -0.39 is 5.41 Å². The minimum atomic E-state index is -0.432. The van der Waals surface area contributed by atoms with Gasteiger partial charge in [0.1, 0.15) is 18.8 Å². The summed E-state index contributed by atoms with van der Waals surface area (Å²) >= 11 is 0. The van der Waals surface area contributed by atoms with Crippen LogP contribution in [0.2, 0.25) is 0 Å². The second-order valence-corrected chi connectivity index (χ2v) is 8.14. The standard InChI is InChI=1S/C19H28O6/c1-10-7-16-14(11(2)18(22)25-16)8-19(9-23-12(3)20)15(10)5-6-17(19)24-13(4)21/h10-11,14-17H,5-9H2,1-4H3/t10-,11-,14+,15-,16+,17-,19+/m0/s1. The van der Waals surface area contributed by atoms with Crippen LogP contribution in [0.3, 0.4) is 0 Å². The summed E-state index contributed by atoms with van der Waals surface area (Å²) in [7, 11) is 0. The summed E-state index contributed by atoms with van der Waals surface area (Å²) in [5, 5.41) is 0. The van der Waals surface area contributed by atoms with E-state index in [0.717, 1.165) is 19.3 Å². The molecule has 25 heavy (non-hydrogen) atoms. The molecule has 0 spiro atoms. The Morgan fingerprint density at radius 2 is 1.92 bits per heavy atom. The Morgan fingerprint density at radius 3 is 2.56 bits per heavy atom. The predicted molar refractivity (Wildman–Crippen MR) is 88.3 cm³/mol. The van der Waals surface area contributed by atoms with E-state index in [9.17, 15) is 14.4 Å². The predicted octanol–water partition coefficient (Wildman–Crippen LogP) is 2.49.